The molecule has 0 aliphatic heterocycles. The van der Waals surface area contributed by atoms with Gasteiger partial charge in [0.15, 0.2) is 0 Å². The van der Waals surface area contributed by atoms with Gasteiger partial charge in [0.2, 0.25) is 0 Å². The summed E-state index contributed by atoms with van der Waals surface area (Å²) < 4.78 is 5.19. The lowest BCUT2D eigenvalue weighted by atomic mass is 10.0. The van der Waals surface area contributed by atoms with Gasteiger partial charge in [-0.05, 0) is 42.3 Å². The lowest BCUT2D eigenvalue weighted by Gasteiger charge is -2.19. The number of nitrogens with two attached hydrogens (primary N) is 1. The van der Waals surface area contributed by atoms with E-state index in [0.717, 1.165) is 30.6 Å². The van der Waals surface area contributed by atoms with Crippen LogP contribution in [0.15, 0.2) is 48.5 Å². The summed E-state index contributed by atoms with van der Waals surface area (Å²) in [4.78, 5) is 12.5. The van der Waals surface area contributed by atoms with E-state index >= 15 is 0 Å². The van der Waals surface area contributed by atoms with Crippen LogP contribution >= 0.6 is 12.4 Å². The quantitative estimate of drug-likeness (QED) is 0.730. The summed E-state index contributed by atoms with van der Waals surface area (Å²) in [6.45, 7) is 2.14. The topological polar surface area (TPSA) is 64.4 Å². The van der Waals surface area contributed by atoms with Crippen molar-refractivity contribution in [2.75, 3.05) is 12.8 Å². The van der Waals surface area contributed by atoms with Gasteiger partial charge in [0.1, 0.15) is 5.75 Å². The number of ether oxygens (including phenoxy) is 1. The third kappa shape index (κ3) is 5.46. The number of carbonyl (C=O) groups excluding carboxylic acids is 1. The maximum atomic E-state index is 12.5. The number of nitrogen functional groups attached to an aromatic ring is 1. The Hall–Kier alpha value is -2.20. The first kappa shape index (κ1) is 19.8. The first-order chi connectivity index (χ1) is 11.1. The molecule has 130 valence electrons. The molecule has 0 aliphatic carbocycles. The Balaban J connectivity index is 0.00000288. The fourth-order valence-corrected chi connectivity index (χ4v) is 2.49. The molecular weight excluding hydrogens is 324 g/mol. The molecule has 0 saturated heterocycles. The van der Waals surface area contributed by atoms with E-state index in [1.807, 2.05) is 24.3 Å². The summed E-state index contributed by atoms with van der Waals surface area (Å²) >= 11 is 0. The van der Waals surface area contributed by atoms with Gasteiger partial charge in [-0.1, -0.05) is 38.0 Å². The number of amides is 1. The van der Waals surface area contributed by atoms with Gasteiger partial charge in [-0.15, -0.1) is 12.4 Å². The van der Waals surface area contributed by atoms with Gasteiger partial charge in [0, 0.05) is 11.3 Å². The van der Waals surface area contributed by atoms with Crippen molar-refractivity contribution in [2.45, 2.75) is 32.2 Å². The Morgan fingerprint density at radius 1 is 1.21 bits per heavy atom. The van der Waals surface area contributed by atoms with Gasteiger partial charge in [0.05, 0.1) is 13.2 Å². The molecule has 0 aliphatic rings. The van der Waals surface area contributed by atoms with Crippen LogP contribution in [-0.2, 0) is 0 Å². The lowest BCUT2D eigenvalue weighted by molar-refractivity contribution is 0.0934. The predicted molar refractivity (Wildman–Crippen MR) is 101 cm³/mol. The molecule has 4 nitrogen and oxygen atoms in total. The standard InChI is InChI=1S/C19H24N2O2.ClH/c1-3-4-8-18(14-9-11-17(23-2)12-10-14)21-19(22)15-6-5-7-16(20)13-15;/h5-7,9-13,18H,3-4,8,20H2,1-2H3,(H,21,22);1H. The molecule has 2 aromatic carbocycles. The van der Waals surface area contributed by atoms with Crippen LogP contribution in [0.2, 0.25) is 0 Å². The Bertz CT molecular complexity index is 644. The molecule has 0 radical (unpaired) electrons. The molecule has 5 heteroatoms. The Morgan fingerprint density at radius 3 is 2.50 bits per heavy atom. The largest absolute Gasteiger partial charge is 0.497 e. The van der Waals surface area contributed by atoms with Gasteiger partial charge in [0.25, 0.3) is 5.91 Å². The highest BCUT2D eigenvalue weighted by atomic mass is 35.5. The first-order valence-electron chi connectivity index (χ1n) is 7.94. The molecule has 1 atom stereocenters. The van der Waals surface area contributed by atoms with Crippen LogP contribution in [0.5, 0.6) is 5.75 Å². The van der Waals surface area contributed by atoms with Crippen molar-refractivity contribution in [1.82, 2.24) is 5.32 Å². The van der Waals surface area contributed by atoms with Crippen molar-refractivity contribution in [3.8, 4) is 5.75 Å². The van der Waals surface area contributed by atoms with Gasteiger partial charge < -0.3 is 15.8 Å². The minimum atomic E-state index is -0.103. The molecule has 2 aromatic rings. The Labute approximate surface area is 149 Å². The van der Waals surface area contributed by atoms with Gasteiger partial charge in [-0.2, -0.15) is 0 Å². The fourth-order valence-electron chi connectivity index (χ4n) is 2.49. The normalized spacial score (nSPS) is 11.2. The van der Waals surface area contributed by atoms with Gasteiger partial charge in [-0.25, -0.2) is 0 Å². The van der Waals surface area contributed by atoms with E-state index in [2.05, 4.69) is 12.2 Å². The molecule has 0 heterocycles. The minimum absolute atomic E-state index is 0. The van der Waals surface area contributed by atoms with E-state index in [1.165, 1.54) is 0 Å². The minimum Gasteiger partial charge on any atom is -0.497 e. The number of hydrogen-bond donors (Lipinski definition) is 2. The number of nitrogens with one attached hydrogen (secondary N) is 1. The molecule has 0 spiro atoms. The third-order valence-electron chi connectivity index (χ3n) is 3.82. The van der Waals surface area contributed by atoms with Crippen molar-refractivity contribution in [3.63, 3.8) is 0 Å². The molecule has 0 fully saturated rings. The van der Waals surface area contributed by atoms with E-state index < -0.39 is 0 Å². The average Bonchev–Trinajstić information content (AvgIpc) is 2.58. The molecular formula is C19H25ClN2O2. The number of carbonyl (C=O) groups is 1. The SMILES string of the molecule is CCCCC(NC(=O)c1cccc(N)c1)c1ccc(OC)cc1.Cl. The first-order valence-corrected chi connectivity index (χ1v) is 7.94. The van der Waals surface area contributed by atoms with Crippen molar-refractivity contribution < 1.29 is 9.53 Å². The highest BCUT2D eigenvalue weighted by molar-refractivity contribution is 5.95. The summed E-state index contributed by atoms with van der Waals surface area (Å²) in [7, 11) is 1.64. The van der Waals surface area contributed by atoms with Crippen molar-refractivity contribution in [2.24, 2.45) is 0 Å². The number of anilines is 1. The molecule has 1 amide bonds. The zero-order valence-electron chi connectivity index (χ0n) is 14.1. The third-order valence-corrected chi connectivity index (χ3v) is 3.82. The highest BCUT2D eigenvalue weighted by Crippen LogP contribution is 2.23. The monoisotopic (exact) mass is 348 g/mol. The maximum Gasteiger partial charge on any atom is 0.251 e. The van der Waals surface area contributed by atoms with E-state index in [4.69, 9.17) is 10.5 Å². The second kappa shape index (κ2) is 9.83. The van der Waals surface area contributed by atoms with Crippen LogP contribution < -0.4 is 15.8 Å². The number of halogens is 1. The molecule has 0 bridgehead atoms. The van der Waals surface area contributed by atoms with Crippen molar-refractivity contribution in [1.29, 1.82) is 0 Å². The second-order valence-electron chi connectivity index (χ2n) is 5.57. The van der Waals surface area contributed by atoms with Crippen LogP contribution in [0.3, 0.4) is 0 Å². The van der Waals surface area contributed by atoms with Gasteiger partial charge >= 0.3 is 0 Å². The molecule has 2 rings (SSSR count). The number of rotatable bonds is 7. The Morgan fingerprint density at radius 2 is 1.92 bits per heavy atom. The van der Waals surface area contributed by atoms with Crippen molar-refractivity contribution >= 4 is 24.0 Å². The second-order valence-corrected chi connectivity index (χ2v) is 5.57. The van der Waals surface area contributed by atoms with Gasteiger partial charge in [-0.3, -0.25) is 4.79 Å². The lowest BCUT2D eigenvalue weighted by Crippen LogP contribution is -2.28. The zero-order chi connectivity index (χ0) is 16.7. The van der Waals surface area contributed by atoms with Crippen LogP contribution in [0.1, 0.15) is 48.1 Å². The smallest absolute Gasteiger partial charge is 0.251 e. The van der Waals surface area contributed by atoms with E-state index in [0.29, 0.717) is 11.3 Å². The van der Waals surface area contributed by atoms with Crippen LogP contribution in [-0.4, -0.2) is 13.0 Å². The zero-order valence-corrected chi connectivity index (χ0v) is 14.9. The van der Waals surface area contributed by atoms with Crippen LogP contribution in [0.4, 0.5) is 5.69 Å². The van der Waals surface area contributed by atoms with E-state index in [-0.39, 0.29) is 24.4 Å². The number of benzene rings is 2. The molecule has 0 saturated carbocycles. The highest BCUT2D eigenvalue weighted by Gasteiger charge is 2.15. The van der Waals surface area contributed by atoms with E-state index in [1.54, 1.807) is 31.4 Å². The molecule has 3 N–H and O–H groups in total. The molecule has 1 unspecified atom stereocenters. The predicted octanol–water partition coefficient (Wildman–Crippen LogP) is 4.36. The maximum absolute atomic E-state index is 12.5. The number of methoxy groups -OCH3 is 1. The summed E-state index contributed by atoms with van der Waals surface area (Å²) in [6.07, 6.45) is 3.03. The van der Waals surface area contributed by atoms with Crippen LogP contribution in [0, 0.1) is 0 Å². The molecule has 24 heavy (non-hydrogen) atoms. The summed E-state index contributed by atoms with van der Waals surface area (Å²) in [5, 5.41) is 3.11. The van der Waals surface area contributed by atoms with Crippen molar-refractivity contribution in [3.05, 3.63) is 59.7 Å². The number of unbranched alkanes of at least 4 members (excludes halogenated alkanes) is 1. The van der Waals surface area contributed by atoms with Crippen LogP contribution in [0.25, 0.3) is 0 Å². The average molecular weight is 349 g/mol. The summed E-state index contributed by atoms with van der Waals surface area (Å²) in [5.74, 6) is 0.708. The summed E-state index contributed by atoms with van der Waals surface area (Å²) in [5.41, 5.74) is 8.01. The van der Waals surface area contributed by atoms with E-state index in [9.17, 15) is 4.79 Å². The fraction of sp³-hybridized carbons (Fsp3) is 0.316. The molecule has 0 aromatic heterocycles. The Kier molecular flexibility index (Phi) is 8.13. The number of hydrogen-bond acceptors (Lipinski definition) is 3. The summed E-state index contributed by atoms with van der Waals surface area (Å²) in [6, 6.07) is 14.8.